The van der Waals surface area contributed by atoms with Gasteiger partial charge in [0.05, 0.1) is 12.4 Å². The zero-order chi connectivity index (χ0) is 22.5. The highest BCUT2D eigenvalue weighted by Crippen LogP contribution is 2.78. The number of carbonyl (C=O) groups is 1. The van der Waals surface area contributed by atoms with Crippen LogP contribution in [0.5, 0.6) is 0 Å². The van der Waals surface area contributed by atoms with Gasteiger partial charge in [0.25, 0.3) is 0 Å². The second-order valence-corrected chi connectivity index (χ2v) is 11.6. The maximum Gasteiger partial charge on any atom is 0.335 e. The lowest BCUT2D eigenvalue weighted by molar-refractivity contribution is -0.158. The maximum absolute atomic E-state index is 12.1. The molecule has 1 aromatic heterocycles. The first kappa shape index (κ1) is 20.9. The van der Waals surface area contributed by atoms with Crippen LogP contribution in [0.3, 0.4) is 0 Å². The molecule has 1 aromatic rings. The van der Waals surface area contributed by atoms with Crippen LogP contribution in [-0.2, 0) is 14.3 Å². The summed E-state index contributed by atoms with van der Waals surface area (Å²) in [6, 6.07) is 3.30. The van der Waals surface area contributed by atoms with Gasteiger partial charge in [-0.1, -0.05) is 13.8 Å². The molecule has 0 aromatic carbocycles. The molecule has 5 aliphatic rings. The second kappa shape index (κ2) is 6.69. The third kappa shape index (κ3) is 2.54. The van der Waals surface area contributed by atoms with Crippen LogP contribution in [0.15, 0.2) is 27.6 Å². The van der Waals surface area contributed by atoms with E-state index >= 15 is 0 Å². The van der Waals surface area contributed by atoms with E-state index in [2.05, 4.69) is 13.8 Å². The molecule has 4 saturated carbocycles. The van der Waals surface area contributed by atoms with Crippen molar-refractivity contribution < 1.29 is 23.8 Å². The maximum atomic E-state index is 12.1. The number of carbonyl (C=O) groups excluding carboxylic acids is 1. The average Bonchev–Trinajstić information content (AvgIpc) is 3.44. The van der Waals surface area contributed by atoms with Crippen molar-refractivity contribution in [2.24, 2.45) is 28.6 Å². The third-order valence-corrected chi connectivity index (χ3v) is 10.5. The number of fused-ring (bicyclic) bond motifs is 3. The molecule has 6 rings (SSSR count). The zero-order valence-electron chi connectivity index (χ0n) is 19.2. The lowest BCUT2D eigenvalue weighted by Crippen LogP contribution is -2.58. The fourth-order valence-corrected chi connectivity index (χ4v) is 9.10. The number of esters is 1. The van der Waals surface area contributed by atoms with E-state index in [0.29, 0.717) is 17.8 Å². The van der Waals surface area contributed by atoms with Crippen LogP contribution in [0.1, 0.15) is 77.2 Å². The number of epoxide rings is 1. The Balaban J connectivity index is 1.41. The van der Waals surface area contributed by atoms with Crippen LogP contribution in [-0.4, -0.2) is 35.0 Å². The van der Waals surface area contributed by atoms with Gasteiger partial charge in [-0.25, -0.2) is 4.79 Å². The van der Waals surface area contributed by atoms with Crippen LogP contribution in [0.4, 0.5) is 0 Å². The second-order valence-electron chi connectivity index (χ2n) is 11.6. The first-order valence-electron chi connectivity index (χ1n) is 12.3. The minimum absolute atomic E-state index is 0.0471. The van der Waals surface area contributed by atoms with Gasteiger partial charge in [0.15, 0.2) is 0 Å². The average molecular weight is 443 g/mol. The number of hydrogen-bond acceptors (Lipinski definition) is 6. The van der Waals surface area contributed by atoms with Crippen molar-refractivity contribution >= 4 is 5.97 Å². The van der Waals surface area contributed by atoms with E-state index in [4.69, 9.17) is 13.9 Å². The van der Waals surface area contributed by atoms with Crippen molar-refractivity contribution in [2.45, 2.75) is 95.5 Å². The van der Waals surface area contributed by atoms with Crippen molar-refractivity contribution in [3.05, 3.63) is 34.4 Å². The van der Waals surface area contributed by atoms with Crippen molar-refractivity contribution in [1.29, 1.82) is 0 Å². The summed E-state index contributed by atoms with van der Waals surface area (Å²) in [7, 11) is 0. The van der Waals surface area contributed by atoms with E-state index in [9.17, 15) is 14.7 Å². The number of hydrogen-bond donors (Lipinski definition) is 1. The molecule has 1 spiro atoms. The van der Waals surface area contributed by atoms with E-state index in [1.165, 1.54) is 13.0 Å². The van der Waals surface area contributed by atoms with Crippen molar-refractivity contribution in [1.82, 2.24) is 0 Å². The molecule has 6 heteroatoms. The monoisotopic (exact) mass is 442 g/mol. The van der Waals surface area contributed by atoms with Crippen molar-refractivity contribution in [3.8, 4) is 0 Å². The molecule has 6 nitrogen and oxygen atoms in total. The number of aliphatic hydroxyl groups excluding tert-OH is 1. The van der Waals surface area contributed by atoms with Gasteiger partial charge in [0.1, 0.15) is 17.8 Å². The van der Waals surface area contributed by atoms with Gasteiger partial charge < -0.3 is 19.0 Å². The van der Waals surface area contributed by atoms with E-state index in [1.807, 2.05) is 6.07 Å². The lowest BCUT2D eigenvalue weighted by Gasteiger charge is -2.61. The van der Waals surface area contributed by atoms with E-state index < -0.39 is 0 Å². The van der Waals surface area contributed by atoms with Gasteiger partial charge in [-0.3, -0.25) is 4.79 Å². The first-order chi connectivity index (χ1) is 15.2. The number of aliphatic hydroxyl groups is 1. The van der Waals surface area contributed by atoms with E-state index in [1.54, 1.807) is 6.26 Å². The quantitative estimate of drug-likeness (QED) is 0.554. The molecule has 0 radical (unpaired) electrons. The fraction of sp³-hybridized carbons (Fsp3) is 0.769. The number of rotatable bonds is 2. The standard InChI is InChI=1S/C26H34O6/c1-14(27)31-22-21(15-4-7-20(29)30-13-15)25(3)11-9-18-19(26(25)23(22)32-26)6-5-16-12-17(28)8-10-24(16,18)2/h4,7,13,16-19,21-23,28H,5-6,8-12H2,1-3H3/t16?,17?,18?,19?,21?,22?,23?,24-,25+,26+/m0/s1. The summed E-state index contributed by atoms with van der Waals surface area (Å²) in [5.41, 5.74) is 0.319. The van der Waals surface area contributed by atoms with Crippen LogP contribution in [0, 0.1) is 28.6 Å². The Bertz CT molecular complexity index is 982. The molecule has 4 aliphatic carbocycles. The SMILES string of the molecule is CC(=O)OC1C2O[C@]23C2CCC4CC(O)CC[C@]4(C)C2CC[C@]3(C)C1c1ccc(=O)oc1. The summed E-state index contributed by atoms with van der Waals surface area (Å²) in [6.45, 7) is 6.23. The molecule has 0 amide bonds. The molecular formula is C26H34O6. The van der Waals surface area contributed by atoms with Gasteiger partial charge in [0, 0.05) is 24.3 Å². The van der Waals surface area contributed by atoms with Gasteiger partial charge >= 0.3 is 11.6 Å². The van der Waals surface area contributed by atoms with Crippen LogP contribution < -0.4 is 5.63 Å². The summed E-state index contributed by atoms with van der Waals surface area (Å²) in [5.74, 6) is 1.24. The Morgan fingerprint density at radius 3 is 2.66 bits per heavy atom. The highest BCUT2D eigenvalue weighted by atomic mass is 16.7. The van der Waals surface area contributed by atoms with Crippen LogP contribution in [0.2, 0.25) is 0 Å². The topological polar surface area (TPSA) is 89.3 Å². The smallest absolute Gasteiger partial charge is 0.335 e. The number of ether oxygens (including phenoxy) is 2. The Morgan fingerprint density at radius 2 is 1.94 bits per heavy atom. The van der Waals surface area contributed by atoms with Gasteiger partial charge in [0.2, 0.25) is 0 Å². The summed E-state index contributed by atoms with van der Waals surface area (Å²) in [6.07, 6.45) is 8.20. The molecule has 1 saturated heterocycles. The Labute approximate surface area is 188 Å². The summed E-state index contributed by atoms with van der Waals surface area (Å²) in [5, 5.41) is 10.3. The predicted molar refractivity (Wildman–Crippen MR) is 116 cm³/mol. The molecule has 7 unspecified atom stereocenters. The minimum atomic E-state index is -0.369. The third-order valence-electron chi connectivity index (χ3n) is 10.5. The first-order valence-corrected chi connectivity index (χ1v) is 12.3. The van der Waals surface area contributed by atoms with E-state index in [-0.39, 0.29) is 52.3 Å². The Hall–Kier alpha value is -1.66. The molecule has 2 heterocycles. The molecule has 1 aliphatic heterocycles. The summed E-state index contributed by atoms with van der Waals surface area (Å²) >= 11 is 0. The molecule has 1 N–H and O–H groups in total. The molecule has 5 fully saturated rings. The molecule has 174 valence electrons. The largest absolute Gasteiger partial charge is 0.459 e. The lowest BCUT2D eigenvalue weighted by atomic mass is 9.44. The minimum Gasteiger partial charge on any atom is -0.459 e. The zero-order valence-corrected chi connectivity index (χ0v) is 19.2. The van der Waals surface area contributed by atoms with Crippen LogP contribution >= 0.6 is 0 Å². The molecule has 0 bridgehead atoms. The highest BCUT2D eigenvalue weighted by molar-refractivity contribution is 5.66. The van der Waals surface area contributed by atoms with Crippen molar-refractivity contribution in [2.75, 3.05) is 0 Å². The summed E-state index contributed by atoms with van der Waals surface area (Å²) < 4.78 is 17.8. The Morgan fingerprint density at radius 1 is 1.12 bits per heavy atom. The van der Waals surface area contributed by atoms with Gasteiger partial charge in [-0.15, -0.1) is 0 Å². The van der Waals surface area contributed by atoms with Crippen molar-refractivity contribution in [3.63, 3.8) is 0 Å². The molecule has 10 atom stereocenters. The Kier molecular flexibility index (Phi) is 4.37. The molecule has 32 heavy (non-hydrogen) atoms. The summed E-state index contributed by atoms with van der Waals surface area (Å²) in [4.78, 5) is 23.7. The fourth-order valence-electron chi connectivity index (χ4n) is 9.10. The van der Waals surface area contributed by atoms with Crippen LogP contribution in [0.25, 0.3) is 0 Å². The van der Waals surface area contributed by atoms with Gasteiger partial charge in [-0.05, 0) is 79.7 Å². The normalized spacial score (nSPS) is 51.1. The van der Waals surface area contributed by atoms with E-state index in [0.717, 1.165) is 50.5 Å². The van der Waals surface area contributed by atoms with Gasteiger partial charge in [-0.2, -0.15) is 0 Å². The predicted octanol–water partition coefficient (Wildman–Crippen LogP) is 3.80. The molecular weight excluding hydrogens is 408 g/mol. The highest BCUT2D eigenvalue weighted by Gasteiger charge is 2.84.